The predicted molar refractivity (Wildman–Crippen MR) is 39.4 cm³/mol. The smallest absolute Gasteiger partial charge is 0.120 e. The summed E-state index contributed by atoms with van der Waals surface area (Å²) in [5.74, 6) is 0. The number of ether oxygens (including phenoxy) is 1. The molecule has 0 spiro atoms. The second-order valence-electron chi connectivity index (χ2n) is 1.90. The lowest BCUT2D eigenvalue weighted by atomic mass is 10.3. The van der Waals surface area contributed by atoms with Crippen LogP contribution in [0.5, 0.6) is 0 Å². The first-order valence-electron chi connectivity index (χ1n) is 3.23. The highest BCUT2D eigenvalue weighted by atomic mass is 16.5. The van der Waals surface area contributed by atoms with Crippen molar-refractivity contribution in [2.75, 3.05) is 6.61 Å². The number of hydrogen-bond donors (Lipinski definition) is 1. The van der Waals surface area contributed by atoms with E-state index in [0.717, 1.165) is 6.29 Å². The van der Waals surface area contributed by atoms with Gasteiger partial charge in [0, 0.05) is 6.42 Å². The summed E-state index contributed by atoms with van der Waals surface area (Å²) in [5.41, 5.74) is 5.42. The summed E-state index contributed by atoms with van der Waals surface area (Å²) in [7, 11) is 0. The lowest BCUT2D eigenvalue weighted by molar-refractivity contribution is -0.108. The number of nitrogens with two attached hydrogens (primary N) is 1. The van der Waals surface area contributed by atoms with Gasteiger partial charge in [-0.1, -0.05) is 6.08 Å². The summed E-state index contributed by atoms with van der Waals surface area (Å²) in [4.78, 5) is 9.85. The molecular formula is C7H13NO2. The Morgan fingerprint density at radius 1 is 1.70 bits per heavy atom. The predicted octanol–water partition coefficient (Wildman–Crippen LogP) is 0.453. The van der Waals surface area contributed by atoms with Crippen LogP contribution in [0.3, 0.4) is 0 Å². The van der Waals surface area contributed by atoms with E-state index in [1.54, 1.807) is 6.08 Å². The lowest BCUT2D eigenvalue weighted by Gasteiger charge is -2.08. The zero-order valence-electron chi connectivity index (χ0n) is 5.95. The molecule has 0 bridgehead atoms. The van der Waals surface area contributed by atoms with Crippen molar-refractivity contribution in [2.24, 2.45) is 5.73 Å². The first kappa shape index (κ1) is 9.33. The Labute approximate surface area is 60.9 Å². The molecule has 0 saturated carbocycles. The van der Waals surface area contributed by atoms with Crippen LogP contribution in [0.2, 0.25) is 0 Å². The lowest BCUT2D eigenvalue weighted by Crippen LogP contribution is -2.23. The first-order chi connectivity index (χ1) is 4.81. The van der Waals surface area contributed by atoms with E-state index >= 15 is 0 Å². The fourth-order valence-electron chi connectivity index (χ4n) is 0.507. The molecule has 0 amide bonds. The Bertz CT molecular complexity index is 91.8. The van der Waals surface area contributed by atoms with Crippen LogP contribution in [0.4, 0.5) is 0 Å². The molecule has 0 aliphatic heterocycles. The summed E-state index contributed by atoms with van der Waals surface area (Å²) in [6.45, 7) is 3.91. The highest BCUT2D eigenvalue weighted by Crippen LogP contribution is 1.92. The van der Waals surface area contributed by atoms with Crippen LogP contribution in [-0.2, 0) is 9.53 Å². The van der Waals surface area contributed by atoms with Crippen molar-refractivity contribution in [1.82, 2.24) is 0 Å². The monoisotopic (exact) mass is 143 g/mol. The third-order valence-electron chi connectivity index (χ3n) is 0.997. The van der Waals surface area contributed by atoms with Gasteiger partial charge in [-0.15, -0.1) is 6.58 Å². The van der Waals surface area contributed by atoms with Crippen molar-refractivity contribution < 1.29 is 9.53 Å². The van der Waals surface area contributed by atoms with Crippen molar-refractivity contribution >= 4 is 6.29 Å². The molecule has 2 N–H and O–H groups in total. The third kappa shape index (κ3) is 5.47. The normalized spacial score (nSPS) is 12.5. The Morgan fingerprint density at radius 3 is 2.90 bits per heavy atom. The fraction of sp³-hybridized carbons (Fsp3) is 0.571. The molecule has 58 valence electrons. The van der Waals surface area contributed by atoms with Crippen LogP contribution in [0.25, 0.3) is 0 Å². The molecule has 3 heteroatoms. The topological polar surface area (TPSA) is 52.3 Å². The van der Waals surface area contributed by atoms with Crippen LogP contribution in [0, 0.1) is 0 Å². The molecule has 0 aromatic heterocycles. The van der Waals surface area contributed by atoms with E-state index in [9.17, 15) is 4.79 Å². The Balaban J connectivity index is 3.15. The minimum atomic E-state index is -0.330. The van der Waals surface area contributed by atoms with Gasteiger partial charge in [0.1, 0.15) is 12.5 Å². The van der Waals surface area contributed by atoms with Gasteiger partial charge in [0.2, 0.25) is 0 Å². The summed E-state index contributed by atoms with van der Waals surface area (Å²) in [6, 6.07) is 0. The van der Waals surface area contributed by atoms with E-state index in [1.165, 1.54) is 0 Å². The summed E-state index contributed by atoms with van der Waals surface area (Å²) in [6.07, 6.45) is 3.16. The standard InChI is InChI=1S/C7H13NO2/c1-2-6-10-7(8)4-3-5-9/h2,5,7H,1,3-4,6,8H2. The third-order valence-corrected chi connectivity index (χ3v) is 0.997. The maximum Gasteiger partial charge on any atom is 0.120 e. The Morgan fingerprint density at radius 2 is 2.40 bits per heavy atom. The van der Waals surface area contributed by atoms with E-state index in [2.05, 4.69) is 6.58 Å². The minimum absolute atomic E-state index is 0.330. The van der Waals surface area contributed by atoms with E-state index in [-0.39, 0.29) is 6.23 Å². The molecule has 0 saturated heterocycles. The SMILES string of the molecule is C=CCOC(N)CCC=O. The van der Waals surface area contributed by atoms with E-state index < -0.39 is 0 Å². The number of hydrogen-bond acceptors (Lipinski definition) is 3. The number of carbonyl (C=O) groups is 1. The van der Waals surface area contributed by atoms with E-state index in [0.29, 0.717) is 19.4 Å². The highest BCUT2D eigenvalue weighted by Gasteiger charge is 1.98. The molecule has 0 radical (unpaired) electrons. The zero-order valence-corrected chi connectivity index (χ0v) is 5.95. The number of aldehydes is 1. The van der Waals surface area contributed by atoms with Gasteiger partial charge in [0.05, 0.1) is 6.61 Å². The van der Waals surface area contributed by atoms with Gasteiger partial charge in [-0.3, -0.25) is 0 Å². The molecule has 0 fully saturated rings. The molecular weight excluding hydrogens is 130 g/mol. The Kier molecular flexibility index (Phi) is 6.02. The van der Waals surface area contributed by atoms with Crippen molar-refractivity contribution in [3.05, 3.63) is 12.7 Å². The molecule has 0 rings (SSSR count). The van der Waals surface area contributed by atoms with Gasteiger partial charge in [0.15, 0.2) is 0 Å². The Hall–Kier alpha value is -0.670. The van der Waals surface area contributed by atoms with Crippen LogP contribution in [0.1, 0.15) is 12.8 Å². The maximum atomic E-state index is 9.85. The highest BCUT2D eigenvalue weighted by molar-refractivity contribution is 5.49. The van der Waals surface area contributed by atoms with Gasteiger partial charge >= 0.3 is 0 Å². The van der Waals surface area contributed by atoms with Gasteiger partial charge < -0.3 is 15.3 Å². The summed E-state index contributed by atoms with van der Waals surface area (Å²) >= 11 is 0. The summed E-state index contributed by atoms with van der Waals surface area (Å²) in [5, 5.41) is 0. The molecule has 3 nitrogen and oxygen atoms in total. The largest absolute Gasteiger partial charge is 0.360 e. The van der Waals surface area contributed by atoms with Gasteiger partial charge in [-0.2, -0.15) is 0 Å². The van der Waals surface area contributed by atoms with Gasteiger partial charge in [-0.25, -0.2) is 0 Å². The molecule has 0 heterocycles. The van der Waals surface area contributed by atoms with E-state index in [4.69, 9.17) is 10.5 Å². The van der Waals surface area contributed by atoms with Crippen molar-refractivity contribution in [2.45, 2.75) is 19.1 Å². The average molecular weight is 143 g/mol. The summed E-state index contributed by atoms with van der Waals surface area (Å²) < 4.78 is 4.99. The zero-order chi connectivity index (χ0) is 7.82. The molecule has 0 aliphatic carbocycles. The maximum absolute atomic E-state index is 9.85. The van der Waals surface area contributed by atoms with Crippen molar-refractivity contribution in [3.8, 4) is 0 Å². The second-order valence-corrected chi connectivity index (χ2v) is 1.90. The van der Waals surface area contributed by atoms with Crippen molar-refractivity contribution in [1.29, 1.82) is 0 Å². The minimum Gasteiger partial charge on any atom is -0.360 e. The van der Waals surface area contributed by atoms with Crippen molar-refractivity contribution in [3.63, 3.8) is 0 Å². The van der Waals surface area contributed by atoms with Gasteiger partial charge in [0.25, 0.3) is 0 Å². The number of rotatable bonds is 6. The van der Waals surface area contributed by atoms with Crippen LogP contribution in [-0.4, -0.2) is 19.1 Å². The number of carbonyl (C=O) groups excluding carboxylic acids is 1. The van der Waals surface area contributed by atoms with Crippen LogP contribution >= 0.6 is 0 Å². The van der Waals surface area contributed by atoms with Crippen LogP contribution < -0.4 is 5.73 Å². The first-order valence-corrected chi connectivity index (χ1v) is 3.23. The fourth-order valence-corrected chi connectivity index (χ4v) is 0.507. The quantitative estimate of drug-likeness (QED) is 0.334. The molecule has 10 heavy (non-hydrogen) atoms. The molecule has 1 atom stereocenters. The molecule has 0 aromatic rings. The average Bonchev–Trinajstić information content (AvgIpc) is 1.97. The molecule has 0 aromatic carbocycles. The molecule has 0 aliphatic rings. The van der Waals surface area contributed by atoms with Crippen LogP contribution in [0.15, 0.2) is 12.7 Å². The molecule has 1 unspecified atom stereocenters. The van der Waals surface area contributed by atoms with E-state index in [1.807, 2.05) is 0 Å². The second kappa shape index (κ2) is 6.45. The van der Waals surface area contributed by atoms with Gasteiger partial charge in [-0.05, 0) is 6.42 Å².